The van der Waals surface area contributed by atoms with Gasteiger partial charge in [-0.05, 0) is 24.8 Å². The Bertz CT molecular complexity index is 520. The van der Waals surface area contributed by atoms with Crippen LogP contribution in [0.15, 0.2) is 30.3 Å². The number of urea groups is 1. The molecule has 120 valence electrons. The third-order valence-electron chi connectivity index (χ3n) is 4.13. The fourth-order valence-electron chi connectivity index (χ4n) is 3.01. The Labute approximate surface area is 129 Å². The number of hydrogen-bond donors (Lipinski definition) is 3. The number of nitrogens with one attached hydrogen (secondary N) is 1. The van der Waals surface area contributed by atoms with E-state index in [1.807, 2.05) is 30.3 Å². The van der Waals surface area contributed by atoms with Crippen molar-refractivity contribution >= 4 is 12.0 Å². The van der Waals surface area contributed by atoms with Gasteiger partial charge >= 0.3 is 12.0 Å². The number of amides is 2. The van der Waals surface area contributed by atoms with Crippen molar-refractivity contribution in [1.29, 1.82) is 0 Å². The number of carboxylic acids is 1. The minimum Gasteiger partial charge on any atom is -0.481 e. The molecule has 0 spiro atoms. The Kier molecular flexibility index (Phi) is 5.38. The molecule has 0 bridgehead atoms. The van der Waals surface area contributed by atoms with Gasteiger partial charge in [0.25, 0.3) is 0 Å². The zero-order valence-corrected chi connectivity index (χ0v) is 12.5. The van der Waals surface area contributed by atoms with Gasteiger partial charge in [-0.15, -0.1) is 0 Å². The van der Waals surface area contributed by atoms with E-state index in [2.05, 4.69) is 5.32 Å². The Balaban J connectivity index is 2.05. The van der Waals surface area contributed by atoms with Gasteiger partial charge in [0.15, 0.2) is 0 Å². The molecule has 1 aromatic rings. The van der Waals surface area contributed by atoms with Crippen molar-refractivity contribution < 1.29 is 19.8 Å². The quantitative estimate of drug-likeness (QED) is 0.737. The molecule has 1 unspecified atom stereocenters. The second-order valence-corrected chi connectivity index (χ2v) is 5.68. The van der Waals surface area contributed by atoms with Crippen LogP contribution in [-0.4, -0.2) is 52.3 Å². The van der Waals surface area contributed by atoms with E-state index in [1.165, 1.54) is 0 Å². The normalized spacial score (nSPS) is 20.9. The summed E-state index contributed by atoms with van der Waals surface area (Å²) >= 11 is 0. The lowest BCUT2D eigenvalue weighted by atomic mass is 9.89. The van der Waals surface area contributed by atoms with Crippen molar-refractivity contribution in [2.75, 3.05) is 19.7 Å². The molecule has 1 aromatic carbocycles. The van der Waals surface area contributed by atoms with E-state index in [0.29, 0.717) is 13.0 Å². The summed E-state index contributed by atoms with van der Waals surface area (Å²) in [7, 11) is 0. The van der Waals surface area contributed by atoms with Gasteiger partial charge in [-0.25, -0.2) is 4.79 Å². The molecule has 1 fully saturated rings. The number of aliphatic carboxylic acids is 1. The molecular weight excluding hydrogens is 284 g/mol. The molecule has 2 rings (SSSR count). The van der Waals surface area contributed by atoms with Crippen LogP contribution in [0.1, 0.15) is 24.8 Å². The fourth-order valence-corrected chi connectivity index (χ4v) is 3.01. The first-order valence-electron chi connectivity index (χ1n) is 7.49. The Morgan fingerprint density at radius 2 is 2.00 bits per heavy atom. The lowest BCUT2D eigenvalue weighted by molar-refractivity contribution is -0.136. The minimum absolute atomic E-state index is 0.0948. The van der Waals surface area contributed by atoms with Crippen LogP contribution in [0.3, 0.4) is 0 Å². The molecule has 1 aliphatic rings. The number of carbonyl (C=O) groups is 2. The number of benzene rings is 1. The number of aliphatic hydroxyl groups is 1. The average molecular weight is 306 g/mol. The topological polar surface area (TPSA) is 89.9 Å². The zero-order valence-electron chi connectivity index (χ0n) is 12.5. The highest BCUT2D eigenvalue weighted by atomic mass is 16.4. The molecular formula is C16H22N2O4. The van der Waals surface area contributed by atoms with Crippen molar-refractivity contribution in [1.82, 2.24) is 10.2 Å². The lowest BCUT2D eigenvalue weighted by Crippen LogP contribution is -2.55. The van der Waals surface area contributed by atoms with Gasteiger partial charge in [-0.3, -0.25) is 4.79 Å². The maximum absolute atomic E-state index is 12.3. The number of carbonyl (C=O) groups excluding carboxylic acids is 1. The van der Waals surface area contributed by atoms with Gasteiger partial charge in [-0.1, -0.05) is 30.3 Å². The maximum Gasteiger partial charge on any atom is 0.317 e. The monoisotopic (exact) mass is 306 g/mol. The molecule has 6 heteroatoms. The predicted molar refractivity (Wildman–Crippen MR) is 81.6 cm³/mol. The SMILES string of the molecule is O=C(O)CCNC(=O)N1CCCC1(CO)Cc1ccccc1. The standard InChI is InChI=1S/C16H22N2O4/c19-12-16(11-13-5-2-1-3-6-13)8-4-10-18(16)15(22)17-9-7-14(20)21/h1-3,5-6,19H,4,7-12H2,(H,17,22)(H,20,21). The molecule has 1 saturated heterocycles. The smallest absolute Gasteiger partial charge is 0.317 e. The van der Waals surface area contributed by atoms with Crippen LogP contribution < -0.4 is 5.32 Å². The van der Waals surface area contributed by atoms with Crippen molar-refractivity contribution in [3.8, 4) is 0 Å². The summed E-state index contributed by atoms with van der Waals surface area (Å²) in [5.74, 6) is -0.945. The summed E-state index contributed by atoms with van der Waals surface area (Å²) in [6.07, 6.45) is 2.06. The molecule has 3 N–H and O–H groups in total. The number of carboxylic acid groups (broad SMARTS) is 1. The van der Waals surface area contributed by atoms with Gasteiger partial charge in [0.1, 0.15) is 0 Å². The first-order valence-corrected chi connectivity index (χ1v) is 7.49. The zero-order chi connectivity index (χ0) is 16.0. The number of nitrogens with zero attached hydrogens (tertiary/aromatic N) is 1. The summed E-state index contributed by atoms with van der Waals surface area (Å²) in [6.45, 7) is 0.568. The number of rotatable bonds is 6. The summed E-state index contributed by atoms with van der Waals surface area (Å²) in [6, 6.07) is 9.47. The third-order valence-corrected chi connectivity index (χ3v) is 4.13. The van der Waals surface area contributed by atoms with E-state index in [9.17, 15) is 14.7 Å². The van der Waals surface area contributed by atoms with E-state index in [-0.39, 0.29) is 25.6 Å². The molecule has 2 amide bonds. The van der Waals surface area contributed by atoms with Crippen LogP contribution in [0.25, 0.3) is 0 Å². The van der Waals surface area contributed by atoms with Gasteiger partial charge in [0.05, 0.1) is 18.6 Å². The van der Waals surface area contributed by atoms with Gasteiger partial charge in [0, 0.05) is 13.1 Å². The van der Waals surface area contributed by atoms with Gasteiger partial charge in [-0.2, -0.15) is 0 Å². The molecule has 6 nitrogen and oxygen atoms in total. The van der Waals surface area contributed by atoms with Crippen LogP contribution in [0.4, 0.5) is 4.79 Å². The molecule has 0 aliphatic carbocycles. The van der Waals surface area contributed by atoms with E-state index < -0.39 is 11.5 Å². The second-order valence-electron chi connectivity index (χ2n) is 5.68. The van der Waals surface area contributed by atoms with E-state index >= 15 is 0 Å². The van der Waals surface area contributed by atoms with Crippen molar-refractivity contribution in [3.63, 3.8) is 0 Å². The van der Waals surface area contributed by atoms with Gasteiger partial charge in [0.2, 0.25) is 0 Å². The summed E-state index contributed by atoms with van der Waals surface area (Å²) in [5, 5.41) is 21.2. The molecule has 22 heavy (non-hydrogen) atoms. The van der Waals surface area contributed by atoms with E-state index in [4.69, 9.17) is 5.11 Å². The molecule has 0 aromatic heterocycles. The highest BCUT2D eigenvalue weighted by Crippen LogP contribution is 2.32. The molecule has 1 aliphatic heterocycles. The Morgan fingerprint density at radius 3 is 2.64 bits per heavy atom. The summed E-state index contributed by atoms with van der Waals surface area (Å²) in [4.78, 5) is 24.5. The largest absolute Gasteiger partial charge is 0.481 e. The maximum atomic E-state index is 12.3. The van der Waals surface area contributed by atoms with E-state index in [1.54, 1.807) is 4.90 Å². The summed E-state index contributed by atoms with van der Waals surface area (Å²) in [5.41, 5.74) is 0.469. The molecule has 0 saturated carbocycles. The van der Waals surface area contributed by atoms with Crippen LogP contribution in [0.5, 0.6) is 0 Å². The number of aliphatic hydroxyl groups excluding tert-OH is 1. The highest BCUT2D eigenvalue weighted by Gasteiger charge is 2.43. The van der Waals surface area contributed by atoms with Crippen molar-refractivity contribution in [3.05, 3.63) is 35.9 Å². The Hall–Kier alpha value is -2.08. The average Bonchev–Trinajstić information content (AvgIpc) is 2.92. The minimum atomic E-state index is -0.945. The first-order chi connectivity index (χ1) is 10.6. The van der Waals surface area contributed by atoms with Crippen molar-refractivity contribution in [2.24, 2.45) is 0 Å². The van der Waals surface area contributed by atoms with E-state index in [0.717, 1.165) is 18.4 Å². The predicted octanol–water partition coefficient (Wildman–Crippen LogP) is 1.24. The lowest BCUT2D eigenvalue weighted by Gasteiger charge is -2.37. The van der Waals surface area contributed by atoms with Crippen LogP contribution in [0.2, 0.25) is 0 Å². The number of likely N-dealkylation sites (tertiary alicyclic amines) is 1. The first kappa shape index (κ1) is 16.3. The fraction of sp³-hybridized carbons (Fsp3) is 0.500. The highest BCUT2D eigenvalue weighted by molar-refractivity contribution is 5.76. The molecule has 1 atom stereocenters. The van der Waals surface area contributed by atoms with Crippen LogP contribution in [-0.2, 0) is 11.2 Å². The summed E-state index contributed by atoms with van der Waals surface area (Å²) < 4.78 is 0. The third kappa shape index (κ3) is 3.76. The second kappa shape index (κ2) is 7.26. The molecule has 1 heterocycles. The van der Waals surface area contributed by atoms with Crippen molar-refractivity contribution in [2.45, 2.75) is 31.2 Å². The Morgan fingerprint density at radius 1 is 1.27 bits per heavy atom. The van der Waals surface area contributed by atoms with Crippen LogP contribution >= 0.6 is 0 Å². The van der Waals surface area contributed by atoms with Gasteiger partial charge < -0.3 is 20.4 Å². The molecule has 0 radical (unpaired) electrons. The number of hydrogen-bond acceptors (Lipinski definition) is 3. The van der Waals surface area contributed by atoms with Crippen LogP contribution in [0, 0.1) is 0 Å².